The molecule has 1 saturated heterocycles. The zero-order chi connectivity index (χ0) is 17.1. The highest BCUT2D eigenvalue weighted by Crippen LogP contribution is 2.58. The minimum Gasteiger partial charge on any atom is -0.598 e. The van der Waals surface area contributed by atoms with Gasteiger partial charge in [-0.25, -0.2) is 4.79 Å². The fraction of sp³-hybridized carbons (Fsp3) is 0.944. The summed E-state index contributed by atoms with van der Waals surface area (Å²) in [5, 5.41) is 0.196. The van der Waals surface area contributed by atoms with Gasteiger partial charge in [0.15, 0.2) is 0 Å². The largest absolute Gasteiger partial charge is 0.598 e. The maximum Gasteiger partial charge on any atom is 0.409 e. The number of hydrogen-bond donors (Lipinski definition) is 0. The van der Waals surface area contributed by atoms with Crippen molar-refractivity contribution in [1.29, 1.82) is 0 Å². The van der Waals surface area contributed by atoms with Gasteiger partial charge in [0.25, 0.3) is 0 Å². The molecule has 1 unspecified atom stereocenters. The van der Waals surface area contributed by atoms with E-state index in [9.17, 15) is 9.35 Å². The molecular formula is C18H30N2O3S. The van der Waals surface area contributed by atoms with Crippen molar-refractivity contribution in [2.24, 2.45) is 17.3 Å². The molecule has 1 heterocycles. The van der Waals surface area contributed by atoms with Crippen molar-refractivity contribution in [1.82, 2.24) is 9.21 Å². The smallest absolute Gasteiger partial charge is 0.409 e. The van der Waals surface area contributed by atoms with Crippen molar-refractivity contribution in [2.45, 2.75) is 62.7 Å². The number of methoxy groups -OCH3 is 1. The Bertz CT molecular complexity index is 504. The van der Waals surface area contributed by atoms with Gasteiger partial charge in [-0.3, -0.25) is 0 Å². The number of hydrogen-bond acceptors (Lipinski definition) is 4. The zero-order valence-electron chi connectivity index (χ0n) is 15.1. The summed E-state index contributed by atoms with van der Waals surface area (Å²) in [5.74, 6) is 1.98. The molecule has 3 aliphatic carbocycles. The van der Waals surface area contributed by atoms with Gasteiger partial charge in [-0.2, -0.15) is 0 Å². The molecule has 1 aliphatic heterocycles. The van der Waals surface area contributed by atoms with Crippen LogP contribution in [-0.4, -0.2) is 57.9 Å². The Hall–Kier alpha value is -0.460. The van der Waals surface area contributed by atoms with Crippen molar-refractivity contribution < 1.29 is 14.1 Å². The van der Waals surface area contributed by atoms with E-state index in [4.69, 9.17) is 4.74 Å². The van der Waals surface area contributed by atoms with E-state index in [0.717, 1.165) is 37.8 Å². The summed E-state index contributed by atoms with van der Waals surface area (Å²) >= 11 is -0.884. The van der Waals surface area contributed by atoms with Crippen molar-refractivity contribution in [3.05, 3.63) is 0 Å². The molecule has 1 atom stereocenters. The van der Waals surface area contributed by atoms with Gasteiger partial charge in [-0.15, -0.1) is 4.31 Å². The number of amides is 1. The summed E-state index contributed by atoms with van der Waals surface area (Å²) in [5.41, 5.74) is 0.299. The van der Waals surface area contributed by atoms with Gasteiger partial charge in [0.2, 0.25) is 0 Å². The lowest BCUT2D eigenvalue weighted by Gasteiger charge is -2.61. The first kappa shape index (κ1) is 17.0. The van der Waals surface area contributed by atoms with E-state index in [2.05, 4.69) is 11.2 Å². The molecule has 0 aromatic carbocycles. The fourth-order valence-corrected chi connectivity index (χ4v) is 7.52. The van der Waals surface area contributed by atoms with Crippen molar-refractivity contribution in [3.63, 3.8) is 0 Å². The van der Waals surface area contributed by atoms with Crippen LogP contribution in [0.4, 0.5) is 4.79 Å². The van der Waals surface area contributed by atoms with E-state index in [1.165, 1.54) is 39.2 Å². The van der Waals surface area contributed by atoms with Crippen LogP contribution >= 0.6 is 0 Å². The van der Waals surface area contributed by atoms with Gasteiger partial charge in [0.1, 0.15) is 5.25 Å². The average Bonchev–Trinajstić information content (AvgIpc) is 2.40. The Morgan fingerprint density at radius 3 is 2.33 bits per heavy atom. The lowest BCUT2D eigenvalue weighted by Crippen LogP contribution is -2.68. The molecule has 0 radical (unpaired) electrons. The maximum absolute atomic E-state index is 12.8. The van der Waals surface area contributed by atoms with Gasteiger partial charge in [-0.1, -0.05) is 19.3 Å². The summed E-state index contributed by atoms with van der Waals surface area (Å²) in [7, 11) is 3.18. The lowest BCUT2D eigenvalue weighted by atomic mass is 9.52. The Morgan fingerprint density at radius 2 is 1.83 bits per heavy atom. The molecule has 3 saturated carbocycles. The zero-order valence-corrected chi connectivity index (χ0v) is 15.9. The number of ether oxygens (including phenoxy) is 1. The maximum atomic E-state index is 12.8. The molecule has 5 nitrogen and oxygen atoms in total. The van der Waals surface area contributed by atoms with Crippen molar-refractivity contribution in [3.8, 4) is 0 Å². The van der Waals surface area contributed by atoms with Gasteiger partial charge < -0.3 is 14.2 Å². The van der Waals surface area contributed by atoms with E-state index in [1.807, 2.05) is 0 Å². The van der Waals surface area contributed by atoms with Crippen LogP contribution in [0.15, 0.2) is 0 Å². The predicted molar refractivity (Wildman–Crippen MR) is 93.8 cm³/mol. The first-order valence-electron chi connectivity index (χ1n) is 9.33. The Labute approximate surface area is 148 Å². The van der Waals surface area contributed by atoms with Gasteiger partial charge in [0.05, 0.1) is 25.7 Å². The molecular weight excluding hydrogens is 324 g/mol. The summed E-state index contributed by atoms with van der Waals surface area (Å²) in [6.07, 6.45) is 8.39. The fourth-order valence-electron chi connectivity index (χ4n) is 5.29. The van der Waals surface area contributed by atoms with Crippen LogP contribution in [0.25, 0.3) is 0 Å². The second-order valence-electron chi connectivity index (χ2n) is 8.99. The summed E-state index contributed by atoms with van der Waals surface area (Å²) in [6.45, 7) is 4.12. The van der Waals surface area contributed by atoms with Crippen LogP contribution in [0.3, 0.4) is 0 Å². The molecule has 1 spiro atoms. The Balaban J connectivity index is 1.22. The highest BCUT2D eigenvalue weighted by atomic mass is 32.2. The van der Waals surface area contributed by atoms with Crippen LogP contribution in [0, 0.1) is 17.3 Å². The van der Waals surface area contributed by atoms with E-state index in [1.54, 1.807) is 11.9 Å². The molecule has 0 aromatic heterocycles. The quantitative estimate of drug-likeness (QED) is 0.729. The molecule has 4 aliphatic rings. The van der Waals surface area contributed by atoms with Crippen molar-refractivity contribution in [2.75, 3.05) is 27.2 Å². The average molecular weight is 355 g/mol. The van der Waals surface area contributed by atoms with Crippen LogP contribution in [-0.2, 0) is 16.1 Å². The van der Waals surface area contributed by atoms with E-state index >= 15 is 0 Å². The SMILES string of the molecule is COC(=O)N(C)[C@]1(C)C[C@H]([S+]([O-])N2CC3(CC(C4CCC4)C3)C2)C1. The molecule has 1 amide bonds. The molecule has 136 valence electrons. The second kappa shape index (κ2) is 5.78. The Kier molecular flexibility index (Phi) is 4.09. The third-order valence-corrected chi connectivity index (χ3v) is 9.03. The van der Waals surface area contributed by atoms with Crippen LogP contribution < -0.4 is 0 Å². The minimum absolute atomic E-state index is 0.196. The van der Waals surface area contributed by atoms with Crippen LogP contribution in [0.2, 0.25) is 0 Å². The summed E-state index contributed by atoms with van der Waals surface area (Å²) < 4.78 is 19.8. The number of carbonyl (C=O) groups excluding carboxylic acids is 1. The van der Waals surface area contributed by atoms with Gasteiger partial charge in [0, 0.05) is 36.7 Å². The first-order valence-corrected chi connectivity index (χ1v) is 10.5. The third-order valence-electron chi connectivity index (χ3n) is 7.36. The molecule has 24 heavy (non-hydrogen) atoms. The molecule has 4 fully saturated rings. The highest BCUT2D eigenvalue weighted by Gasteiger charge is 2.60. The predicted octanol–water partition coefficient (Wildman–Crippen LogP) is 2.78. The van der Waals surface area contributed by atoms with Crippen molar-refractivity contribution >= 4 is 17.5 Å². The molecule has 0 aromatic rings. The number of rotatable bonds is 4. The third kappa shape index (κ3) is 2.56. The molecule has 6 heteroatoms. The van der Waals surface area contributed by atoms with E-state index in [-0.39, 0.29) is 16.9 Å². The number of nitrogens with zero attached hydrogens (tertiary/aromatic N) is 2. The highest BCUT2D eigenvalue weighted by molar-refractivity contribution is 7.89. The molecule has 4 rings (SSSR count). The second-order valence-corrected chi connectivity index (χ2v) is 10.7. The minimum atomic E-state index is -0.884. The monoisotopic (exact) mass is 354 g/mol. The first-order chi connectivity index (χ1) is 11.4. The standard InChI is InChI=1S/C18H30N2O3S/c1-17(19(2)16(21)23-3)9-15(10-17)24(22)20-11-18(12-20)7-14(8-18)13-5-4-6-13/h13-15H,4-12H2,1-3H3/t15-,17+,24?. The van der Waals surface area contributed by atoms with Gasteiger partial charge in [-0.05, 0) is 31.6 Å². The summed E-state index contributed by atoms with van der Waals surface area (Å²) in [6, 6.07) is 0. The topological polar surface area (TPSA) is 55.8 Å². The summed E-state index contributed by atoms with van der Waals surface area (Å²) in [4.78, 5) is 13.4. The normalized spacial score (nSPS) is 36.9. The molecule has 0 bridgehead atoms. The molecule has 0 N–H and O–H groups in total. The number of carbonyl (C=O) groups is 1. The van der Waals surface area contributed by atoms with Crippen LogP contribution in [0.1, 0.15) is 51.9 Å². The van der Waals surface area contributed by atoms with E-state index in [0.29, 0.717) is 5.41 Å². The van der Waals surface area contributed by atoms with E-state index < -0.39 is 11.4 Å². The Morgan fingerprint density at radius 1 is 1.21 bits per heavy atom. The van der Waals surface area contributed by atoms with Gasteiger partial charge >= 0.3 is 6.09 Å². The lowest BCUT2D eigenvalue weighted by molar-refractivity contribution is -0.0864. The van der Waals surface area contributed by atoms with Crippen LogP contribution in [0.5, 0.6) is 0 Å².